The van der Waals surface area contributed by atoms with Gasteiger partial charge >= 0.3 is 0 Å². The van der Waals surface area contributed by atoms with Gasteiger partial charge in [-0.2, -0.15) is 0 Å². The monoisotopic (exact) mass is 297 g/mol. The summed E-state index contributed by atoms with van der Waals surface area (Å²) in [5.41, 5.74) is 5.54. The molecule has 0 bridgehead atoms. The van der Waals surface area contributed by atoms with Crippen molar-refractivity contribution < 1.29 is 10.0 Å². The van der Waals surface area contributed by atoms with Crippen LogP contribution in [0, 0.1) is 11.8 Å². The lowest BCUT2D eigenvalue weighted by Crippen LogP contribution is -2.40. The van der Waals surface area contributed by atoms with Crippen LogP contribution < -0.4 is 5.73 Å². The molecule has 0 aromatic rings. The zero-order chi connectivity index (χ0) is 15.7. The smallest absolute Gasteiger partial charge is 0.225 e. The lowest BCUT2D eigenvalue weighted by Gasteiger charge is -2.29. The van der Waals surface area contributed by atoms with Crippen molar-refractivity contribution in [1.82, 2.24) is 4.90 Å². The first-order valence-electron chi connectivity index (χ1n) is 8.29. The summed E-state index contributed by atoms with van der Waals surface area (Å²) < 4.78 is 0. The highest BCUT2D eigenvalue weighted by Crippen LogP contribution is 2.24. The van der Waals surface area contributed by atoms with E-state index < -0.39 is 0 Å². The summed E-state index contributed by atoms with van der Waals surface area (Å²) in [4.78, 5) is 14.7. The maximum Gasteiger partial charge on any atom is 0.225 e. The minimum atomic E-state index is 0.163. The van der Waals surface area contributed by atoms with Crippen LogP contribution in [0.2, 0.25) is 0 Å². The first kappa shape index (κ1) is 17.8. The SMILES string of the molecule is CC(C)CN(CCC(N)=NO)C(=O)C1CCCCCCC1. The molecule has 0 heterocycles. The molecule has 1 aliphatic rings. The van der Waals surface area contributed by atoms with Gasteiger partial charge in [-0.05, 0) is 18.8 Å². The molecule has 0 aliphatic heterocycles. The van der Waals surface area contributed by atoms with E-state index in [1.54, 1.807) is 0 Å². The molecule has 0 saturated heterocycles. The Bertz CT molecular complexity index is 334. The van der Waals surface area contributed by atoms with Gasteiger partial charge in [-0.25, -0.2) is 0 Å². The molecular formula is C16H31N3O2. The van der Waals surface area contributed by atoms with E-state index in [9.17, 15) is 4.79 Å². The Kier molecular flexibility index (Phi) is 8.16. The molecule has 0 radical (unpaired) electrons. The molecule has 1 aliphatic carbocycles. The zero-order valence-electron chi connectivity index (χ0n) is 13.6. The highest BCUT2D eigenvalue weighted by Gasteiger charge is 2.25. The second-order valence-electron chi connectivity index (χ2n) is 6.56. The second-order valence-corrected chi connectivity index (χ2v) is 6.56. The van der Waals surface area contributed by atoms with Crippen molar-refractivity contribution in [2.24, 2.45) is 22.7 Å². The maximum atomic E-state index is 12.8. The van der Waals surface area contributed by atoms with Gasteiger partial charge in [0.2, 0.25) is 5.91 Å². The number of hydrogen-bond donors (Lipinski definition) is 2. The molecule has 5 heteroatoms. The van der Waals surface area contributed by atoms with Crippen LogP contribution in [0.4, 0.5) is 0 Å². The number of amides is 1. The molecule has 1 saturated carbocycles. The molecule has 0 atom stereocenters. The van der Waals surface area contributed by atoms with Crippen molar-refractivity contribution in [1.29, 1.82) is 0 Å². The van der Waals surface area contributed by atoms with Crippen molar-refractivity contribution in [3.05, 3.63) is 0 Å². The Hall–Kier alpha value is -1.26. The topological polar surface area (TPSA) is 78.9 Å². The first-order valence-corrected chi connectivity index (χ1v) is 8.29. The van der Waals surface area contributed by atoms with Gasteiger partial charge in [-0.1, -0.05) is 51.1 Å². The molecule has 1 amide bonds. The van der Waals surface area contributed by atoms with Crippen molar-refractivity contribution in [3.8, 4) is 0 Å². The third-order valence-corrected chi connectivity index (χ3v) is 4.12. The van der Waals surface area contributed by atoms with Crippen LogP contribution in [0.3, 0.4) is 0 Å². The first-order chi connectivity index (χ1) is 10.0. The Morgan fingerprint density at radius 3 is 2.33 bits per heavy atom. The summed E-state index contributed by atoms with van der Waals surface area (Å²) in [6.07, 6.45) is 8.57. The molecule has 1 fully saturated rings. The summed E-state index contributed by atoms with van der Waals surface area (Å²) in [6, 6.07) is 0. The van der Waals surface area contributed by atoms with Crippen LogP contribution >= 0.6 is 0 Å². The van der Waals surface area contributed by atoms with Crippen LogP contribution in [0.1, 0.15) is 65.2 Å². The number of rotatable bonds is 6. The zero-order valence-corrected chi connectivity index (χ0v) is 13.6. The summed E-state index contributed by atoms with van der Waals surface area (Å²) in [7, 11) is 0. The number of nitrogens with two attached hydrogens (primary N) is 1. The van der Waals surface area contributed by atoms with Crippen LogP contribution in [-0.2, 0) is 4.79 Å². The van der Waals surface area contributed by atoms with Gasteiger partial charge in [0, 0.05) is 25.4 Å². The van der Waals surface area contributed by atoms with Gasteiger partial charge in [0.15, 0.2) is 0 Å². The number of carbonyl (C=O) groups excluding carboxylic acids is 1. The molecule has 122 valence electrons. The van der Waals surface area contributed by atoms with E-state index in [0.717, 1.165) is 32.2 Å². The number of hydrogen-bond acceptors (Lipinski definition) is 3. The average Bonchev–Trinajstić information content (AvgIpc) is 2.41. The molecule has 1 rings (SSSR count). The number of carbonyl (C=O) groups is 1. The number of amidine groups is 1. The molecule has 0 spiro atoms. The third kappa shape index (κ3) is 6.82. The summed E-state index contributed by atoms with van der Waals surface area (Å²) in [5, 5.41) is 11.6. The van der Waals surface area contributed by atoms with Gasteiger partial charge < -0.3 is 15.8 Å². The predicted molar refractivity (Wildman–Crippen MR) is 85.3 cm³/mol. The lowest BCUT2D eigenvalue weighted by molar-refractivity contribution is -0.136. The predicted octanol–water partition coefficient (Wildman–Crippen LogP) is 2.97. The summed E-state index contributed by atoms with van der Waals surface area (Å²) in [6.45, 7) is 5.52. The van der Waals surface area contributed by atoms with E-state index in [1.807, 2.05) is 4.90 Å². The van der Waals surface area contributed by atoms with Crippen LogP contribution in [0.5, 0.6) is 0 Å². The molecule has 21 heavy (non-hydrogen) atoms. The molecule has 0 aromatic carbocycles. The molecule has 3 N–H and O–H groups in total. The van der Waals surface area contributed by atoms with Gasteiger partial charge in [0.25, 0.3) is 0 Å². The molecule has 0 unspecified atom stereocenters. The Morgan fingerprint density at radius 2 is 1.81 bits per heavy atom. The quantitative estimate of drug-likeness (QED) is 0.342. The van der Waals surface area contributed by atoms with E-state index in [-0.39, 0.29) is 17.7 Å². The fourth-order valence-corrected chi connectivity index (χ4v) is 2.99. The fourth-order valence-electron chi connectivity index (χ4n) is 2.99. The molecule has 0 aromatic heterocycles. The lowest BCUT2D eigenvalue weighted by atomic mass is 9.90. The van der Waals surface area contributed by atoms with Crippen LogP contribution in [0.15, 0.2) is 5.16 Å². The largest absolute Gasteiger partial charge is 0.409 e. The van der Waals surface area contributed by atoms with Crippen LogP contribution in [0.25, 0.3) is 0 Å². The van der Waals surface area contributed by atoms with Crippen LogP contribution in [-0.4, -0.2) is 34.9 Å². The molecule has 5 nitrogen and oxygen atoms in total. The summed E-state index contributed by atoms with van der Waals surface area (Å²) in [5.74, 6) is 1.04. The second kappa shape index (κ2) is 9.64. The third-order valence-electron chi connectivity index (χ3n) is 4.12. The number of nitrogens with zero attached hydrogens (tertiary/aromatic N) is 2. The van der Waals surface area contributed by atoms with Crippen molar-refractivity contribution in [3.63, 3.8) is 0 Å². The molecular weight excluding hydrogens is 266 g/mol. The van der Waals surface area contributed by atoms with Gasteiger partial charge in [0.05, 0.1) is 0 Å². The van der Waals surface area contributed by atoms with Crippen molar-refractivity contribution in [2.45, 2.75) is 65.2 Å². The Morgan fingerprint density at radius 1 is 1.24 bits per heavy atom. The maximum absolute atomic E-state index is 12.8. The van der Waals surface area contributed by atoms with E-state index in [4.69, 9.17) is 10.9 Å². The minimum Gasteiger partial charge on any atom is -0.409 e. The van der Waals surface area contributed by atoms with Gasteiger partial charge in [0.1, 0.15) is 5.84 Å². The van der Waals surface area contributed by atoms with E-state index >= 15 is 0 Å². The van der Waals surface area contributed by atoms with Crippen molar-refractivity contribution in [2.75, 3.05) is 13.1 Å². The highest BCUT2D eigenvalue weighted by atomic mass is 16.4. The van der Waals surface area contributed by atoms with Crippen molar-refractivity contribution >= 4 is 11.7 Å². The highest BCUT2D eigenvalue weighted by molar-refractivity contribution is 5.82. The standard InChI is InChI=1S/C16H31N3O2/c1-13(2)12-19(11-10-15(17)18-21)16(20)14-8-6-4-3-5-7-9-14/h13-14,21H,3-12H2,1-2H3,(H2,17,18). The van der Waals surface area contributed by atoms with E-state index in [2.05, 4.69) is 19.0 Å². The van der Waals surface area contributed by atoms with E-state index in [1.165, 1.54) is 19.3 Å². The van der Waals surface area contributed by atoms with Gasteiger partial charge in [-0.15, -0.1) is 0 Å². The fraction of sp³-hybridized carbons (Fsp3) is 0.875. The van der Waals surface area contributed by atoms with E-state index in [0.29, 0.717) is 18.9 Å². The normalized spacial score (nSPS) is 18.3. The van der Waals surface area contributed by atoms with Gasteiger partial charge in [-0.3, -0.25) is 4.79 Å². The Labute approximate surface area is 128 Å². The summed E-state index contributed by atoms with van der Waals surface area (Å²) >= 11 is 0. The Balaban J connectivity index is 2.63. The minimum absolute atomic E-state index is 0.163. The average molecular weight is 297 g/mol. The number of oxime groups is 1.